The van der Waals surface area contributed by atoms with Gasteiger partial charge in [0.25, 0.3) is 0 Å². The fourth-order valence-electron chi connectivity index (χ4n) is 2.63. The van der Waals surface area contributed by atoms with Crippen LogP contribution in [0.25, 0.3) is 11.1 Å². The minimum absolute atomic E-state index is 0.0480. The minimum Gasteiger partial charge on any atom is -0.489 e. The molecule has 0 spiro atoms. The van der Waals surface area contributed by atoms with Crippen molar-refractivity contribution in [2.24, 2.45) is 5.73 Å². The van der Waals surface area contributed by atoms with Crippen LogP contribution in [-0.2, 0) is 6.61 Å². The van der Waals surface area contributed by atoms with E-state index in [0.29, 0.717) is 27.5 Å². The molecular formula is C21H16ClF2NO3. The molecule has 2 N–H and O–H groups in total. The van der Waals surface area contributed by atoms with Crippen LogP contribution in [0.3, 0.4) is 0 Å². The molecule has 3 rings (SSSR count). The Morgan fingerprint density at radius 3 is 2.43 bits per heavy atom. The summed E-state index contributed by atoms with van der Waals surface area (Å²) in [5.74, 6) is 0.0707. The first-order valence-corrected chi connectivity index (χ1v) is 8.66. The molecule has 7 heteroatoms. The van der Waals surface area contributed by atoms with Crippen LogP contribution in [0.2, 0.25) is 5.02 Å². The average Bonchev–Trinajstić information content (AvgIpc) is 2.67. The topological polar surface area (TPSA) is 61.6 Å². The van der Waals surface area contributed by atoms with Crippen LogP contribution in [-0.4, -0.2) is 12.5 Å². The normalized spacial score (nSPS) is 10.7. The van der Waals surface area contributed by atoms with Crippen molar-refractivity contribution in [1.82, 2.24) is 0 Å². The summed E-state index contributed by atoms with van der Waals surface area (Å²) in [6.45, 7) is -2.75. The highest BCUT2D eigenvalue weighted by molar-refractivity contribution is 6.30. The van der Waals surface area contributed by atoms with E-state index in [-0.39, 0.29) is 12.4 Å². The number of alkyl halides is 2. The number of hydrogen-bond donors (Lipinski definition) is 1. The van der Waals surface area contributed by atoms with Gasteiger partial charge in [0.15, 0.2) is 0 Å². The Kier molecular flexibility index (Phi) is 6.11. The number of nitrogens with two attached hydrogens (primary N) is 1. The second-order valence-electron chi connectivity index (χ2n) is 5.90. The third-order valence-corrected chi connectivity index (χ3v) is 4.18. The molecule has 0 fully saturated rings. The molecule has 0 aliphatic heterocycles. The molecule has 0 bridgehead atoms. The SMILES string of the molecule is NC(=O)c1ccc(OCc2ccc(OC(F)F)c(-c3cccc(Cl)c3)c2)cc1. The molecule has 3 aromatic carbocycles. The standard InChI is InChI=1S/C21H16ClF2NO3/c22-16-3-1-2-15(11-16)18-10-13(4-9-19(18)28-21(23)24)12-27-17-7-5-14(6-8-17)20(25)26/h1-11,21H,12H2,(H2,25,26). The molecule has 0 aromatic heterocycles. The fraction of sp³-hybridized carbons (Fsp3) is 0.0952. The molecule has 0 radical (unpaired) electrons. The van der Waals surface area contributed by atoms with E-state index >= 15 is 0 Å². The smallest absolute Gasteiger partial charge is 0.387 e. The van der Waals surface area contributed by atoms with Crippen molar-refractivity contribution in [2.75, 3.05) is 0 Å². The summed E-state index contributed by atoms with van der Waals surface area (Å²) in [5.41, 5.74) is 7.46. The fourth-order valence-corrected chi connectivity index (χ4v) is 2.82. The number of benzene rings is 3. The molecule has 0 saturated heterocycles. The lowest BCUT2D eigenvalue weighted by Crippen LogP contribution is -2.10. The molecule has 0 aliphatic rings. The van der Waals surface area contributed by atoms with Crippen molar-refractivity contribution in [3.63, 3.8) is 0 Å². The van der Waals surface area contributed by atoms with Crippen LogP contribution in [0, 0.1) is 0 Å². The predicted molar refractivity (Wildman–Crippen MR) is 103 cm³/mol. The third-order valence-electron chi connectivity index (χ3n) is 3.94. The van der Waals surface area contributed by atoms with Gasteiger partial charge in [0, 0.05) is 16.1 Å². The molecule has 1 amide bonds. The van der Waals surface area contributed by atoms with Crippen molar-refractivity contribution in [1.29, 1.82) is 0 Å². The van der Waals surface area contributed by atoms with Crippen LogP contribution < -0.4 is 15.2 Å². The van der Waals surface area contributed by atoms with Crippen LogP contribution in [0.4, 0.5) is 8.78 Å². The van der Waals surface area contributed by atoms with E-state index in [1.54, 1.807) is 60.7 Å². The summed E-state index contributed by atoms with van der Waals surface area (Å²) in [5, 5.41) is 0.483. The number of carbonyl (C=O) groups is 1. The average molecular weight is 404 g/mol. The second kappa shape index (κ2) is 8.71. The summed E-state index contributed by atoms with van der Waals surface area (Å²) in [4.78, 5) is 11.1. The van der Waals surface area contributed by atoms with Gasteiger partial charge < -0.3 is 15.2 Å². The predicted octanol–water partition coefficient (Wildman–Crippen LogP) is 5.29. The first-order chi connectivity index (χ1) is 13.4. The maximum Gasteiger partial charge on any atom is 0.387 e. The van der Waals surface area contributed by atoms with Gasteiger partial charge in [-0.05, 0) is 59.7 Å². The highest BCUT2D eigenvalue weighted by Crippen LogP contribution is 2.33. The second-order valence-corrected chi connectivity index (χ2v) is 6.33. The highest BCUT2D eigenvalue weighted by atomic mass is 35.5. The van der Waals surface area contributed by atoms with Crippen molar-refractivity contribution >= 4 is 17.5 Å². The Morgan fingerprint density at radius 1 is 1.04 bits per heavy atom. The Labute approximate surface area is 165 Å². The van der Waals surface area contributed by atoms with Gasteiger partial charge in [0.2, 0.25) is 5.91 Å². The van der Waals surface area contributed by atoms with Gasteiger partial charge in [0.1, 0.15) is 18.1 Å². The summed E-state index contributed by atoms with van der Waals surface area (Å²) in [6.07, 6.45) is 0. The van der Waals surface area contributed by atoms with E-state index in [4.69, 9.17) is 22.1 Å². The quantitative estimate of drug-likeness (QED) is 0.583. The maximum absolute atomic E-state index is 12.7. The number of carbonyl (C=O) groups excluding carboxylic acids is 1. The van der Waals surface area contributed by atoms with Crippen LogP contribution >= 0.6 is 11.6 Å². The monoisotopic (exact) mass is 403 g/mol. The van der Waals surface area contributed by atoms with Crippen molar-refractivity contribution in [3.8, 4) is 22.6 Å². The van der Waals surface area contributed by atoms with Gasteiger partial charge in [-0.1, -0.05) is 29.8 Å². The van der Waals surface area contributed by atoms with Gasteiger partial charge >= 0.3 is 6.61 Å². The number of amides is 1. The minimum atomic E-state index is -2.94. The lowest BCUT2D eigenvalue weighted by atomic mass is 10.0. The Morgan fingerprint density at radius 2 is 1.79 bits per heavy atom. The Bertz CT molecular complexity index is 978. The number of ether oxygens (including phenoxy) is 2. The summed E-state index contributed by atoms with van der Waals surface area (Å²) in [7, 11) is 0. The highest BCUT2D eigenvalue weighted by Gasteiger charge is 2.13. The van der Waals surface area contributed by atoms with Gasteiger partial charge in [-0.3, -0.25) is 4.79 Å². The van der Waals surface area contributed by atoms with Crippen molar-refractivity contribution < 1.29 is 23.0 Å². The van der Waals surface area contributed by atoms with Crippen LogP contribution in [0.1, 0.15) is 15.9 Å². The molecule has 0 heterocycles. The molecule has 3 aromatic rings. The summed E-state index contributed by atoms with van der Waals surface area (Å²) in [6, 6.07) is 18.1. The lowest BCUT2D eigenvalue weighted by Gasteiger charge is -2.14. The number of rotatable bonds is 7. The number of halogens is 3. The lowest BCUT2D eigenvalue weighted by molar-refractivity contribution is -0.0494. The van der Waals surface area contributed by atoms with Crippen LogP contribution in [0.15, 0.2) is 66.7 Å². The van der Waals surface area contributed by atoms with Gasteiger partial charge in [-0.2, -0.15) is 8.78 Å². The Hall–Kier alpha value is -3.12. The first kappa shape index (κ1) is 19.6. The summed E-state index contributed by atoms with van der Waals surface area (Å²) >= 11 is 6.02. The molecular weight excluding hydrogens is 388 g/mol. The Balaban J connectivity index is 1.83. The number of primary amides is 1. The van der Waals surface area contributed by atoms with Crippen molar-refractivity contribution in [2.45, 2.75) is 13.2 Å². The van der Waals surface area contributed by atoms with Gasteiger partial charge in [0.05, 0.1) is 0 Å². The van der Waals surface area contributed by atoms with Gasteiger partial charge in [-0.15, -0.1) is 0 Å². The molecule has 144 valence electrons. The zero-order valence-electron chi connectivity index (χ0n) is 14.6. The van der Waals surface area contributed by atoms with E-state index < -0.39 is 12.5 Å². The third kappa shape index (κ3) is 4.98. The van der Waals surface area contributed by atoms with Crippen LogP contribution in [0.5, 0.6) is 11.5 Å². The molecule has 0 aliphatic carbocycles. The zero-order valence-corrected chi connectivity index (χ0v) is 15.3. The summed E-state index contributed by atoms with van der Waals surface area (Å²) < 4.78 is 35.8. The van der Waals surface area contributed by atoms with E-state index in [1.165, 1.54) is 6.07 Å². The van der Waals surface area contributed by atoms with Gasteiger partial charge in [-0.25, -0.2) is 0 Å². The van der Waals surface area contributed by atoms with E-state index in [0.717, 1.165) is 5.56 Å². The molecule has 0 unspecified atom stereocenters. The van der Waals surface area contributed by atoms with E-state index in [2.05, 4.69) is 4.74 Å². The zero-order chi connectivity index (χ0) is 20.1. The molecule has 28 heavy (non-hydrogen) atoms. The number of hydrogen-bond acceptors (Lipinski definition) is 3. The largest absolute Gasteiger partial charge is 0.489 e. The van der Waals surface area contributed by atoms with E-state index in [9.17, 15) is 13.6 Å². The molecule has 0 atom stereocenters. The van der Waals surface area contributed by atoms with Crippen molar-refractivity contribution in [3.05, 3.63) is 82.9 Å². The first-order valence-electron chi connectivity index (χ1n) is 8.29. The molecule has 0 saturated carbocycles. The maximum atomic E-state index is 12.7. The van der Waals surface area contributed by atoms with E-state index in [1.807, 2.05) is 0 Å². The molecule has 4 nitrogen and oxygen atoms in total.